The van der Waals surface area contributed by atoms with Gasteiger partial charge >= 0.3 is 5.97 Å². The van der Waals surface area contributed by atoms with E-state index in [-0.39, 0.29) is 28.9 Å². The minimum atomic E-state index is -0.775. The SMILES string of the molecule is Cc1c(C(=O)NC2CC(C(=O)O)C2)cc(-c2cc(C(C)(C)C)[n+]3c(c2)C(C)(C)O3)n1CC1CCCCC1. The second-order valence-corrected chi connectivity index (χ2v) is 13.0. The largest absolute Gasteiger partial charge is 0.481 e. The van der Waals surface area contributed by atoms with E-state index < -0.39 is 5.97 Å². The molecule has 1 aliphatic heterocycles. The van der Waals surface area contributed by atoms with Crippen molar-refractivity contribution in [3.63, 3.8) is 0 Å². The van der Waals surface area contributed by atoms with Gasteiger partial charge in [0.25, 0.3) is 17.2 Å². The molecule has 0 aromatic carbocycles. The second kappa shape index (κ2) is 9.17. The van der Waals surface area contributed by atoms with Crippen LogP contribution >= 0.6 is 0 Å². The Labute approximate surface area is 220 Å². The van der Waals surface area contributed by atoms with Gasteiger partial charge in [-0.3, -0.25) is 14.4 Å². The quantitative estimate of drug-likeness (QED) is 0.544. The first-order valence-electron chi connectivity index (χ1n) is 13.9. The smallest absolute Gasteiger partial charge is 0.306 e. The number of hydrogen-bond acceptors (Lipinski definition) is 3. The van der Waals surface area contributed by atoms with Gasteiger partial charge in [-0.05, 0) is 58.4 Å². The molecule has 1 amide bonds. The maximum absolute atomic E-state index is 13.4. The van der Waals surface area contributed by atoms with Crippen molar-refractivity contribution in [3.8, 4) is 11.3 Å². The van der Waals surface area contributed by atoms with Gasteiger partial charge in [0.2, 0.25) is 5.69 Å². The molecular weight excluding hydrogens is 466 g/mol. The molecule has 0 atom stereocenters. The van der Waals surface area contributed by atoms with Gasteiger partial charge < -0.3 is 15.0 Å². The third kappa shape index (κ3) is 4.77. The fraction of sp³-hybridized carbons (Fsp3) is 0.633. The lowest BCUT2D eigenvalue weighted by Crippen LogP contribution is -2.70. The minimum absolute atomic E-state index is 0.0727. The third-order valence-corrected chi connectivity index (χ3v) is 8.62. The average Bonchev–Trinajstić information content (AvgIpc) is 3.11. The van der Waals surface area contributed by atoms with E-state index >= 15 is 0 Å². The Bertz CT molecular complexity index is 1220. The number of aliphatic carboxylic acids is 1. The van der Waals surface area contributed by atoms with Crippen LogP contribution in [-0.4, -0.2) is 27.6 Å². The Kier molecular flexibility index (Phi) is 6.40. The van der Waals surface area contributed by atoms with Crippen LogP contribution in [0.15, 0.2) is 18.2 Å². The fourth-order valence-electron chi connectivity index (χ4n) is 6.18. The van der Waals surface area contributed by atoms with Gasteiger partial charge in [0.1, 0.15) is 0 Å². The Balaban J connectivity index is 1.54. The Morgan fingerprint density at radius 3 is 2.41 bits per heavy atom. The number of carbonyl (C=O) groups excluding carboxylic acids is 1. The van der Waals surface area contributed by atoms with Crippen LogP contribution < -0.4 is 14.9 Å². The molecule has 7 nitrogen and oxygen atoms in total. The van der Waals surface area contributed by atoms with Crippen molar-refractivity contribution in [2.24, 2.45) is 11.8 Å². The van der Waals surface area contributed by atoms with Crippen molar-refractivity contribution in [1.82, 2.24) is 9.88 Å². The highest BCUT2D eigenvalue weighted by molar-refractivity contribution is 5.97. The van der Waals surface area contributed by atoms with E-state index in [1.54, 1.807) is 0 Å². The molecule has 0 spiro atoms. The van der Waals surface area contributed by atoms with Gasteiger partial charge in [-0.15, -0.1) is 0 Å². The maximum Gasteiger partial charge on any atom is 0.306 e. The number of aromatic nitrogens is 2. The van der Waals surface area contributed by atoms with Gasteiger partial charge in [0, 0.05) is 46.4 Å². The molecule has 2 N–H and O–H groups in total. The molecule has 2 saturated carbocycles. The molecule has 0 bridgehead atoms. The number of pyridine rings is 1. The number of carboxylic acid groups (broad SMARTS) is 1. The van der Waals surface area contributed by atoms with Crippen LogP contribution in [0.5, 0.6) is 0 Å². The molecule has 0 radical (unpaired) electrons. The summed E-state index contributed by atoms with van der Waals surface area (Å²) < 4.78 is 4.32. The number of nitrogens with zero attached hydrogens (tertiary/aromatic N) is 2. The van der Waals surface area contributed by atoms with Crippen LogP contribution in [-0.2, 0) is 22.4 Å². The lowest BCUT2D eigenvalue weighted by atomic mass is 9.80. The summed E-state index contributed by atoms with van der Waals surface area (Å²) in [6.45, 7) is 13.7. The van der Waals surface area contributed by atoms with E-state index in [9.17, 15) is 14.7 Å². The normalized spacial score (nSPS) is 22.9. The summed E-state index contributed by atoms with van der Waals surface area (Å²) in [4.78, 5) is 30.7. The van der Waals surface area contributed by atoms with E-state index in [4.69, 9.17) is 4.84 Å². The minimum Gasteiger partial charge on any atom is -0.481 e. The molecule has 2 aromatic heterocycles. The monoisotopic (exact) mass is 508 g/mol. The number of amides is 1. The third-order valence-electron chi connectivity index (χ3n) is 8.62. The average molecular weight is 509 g/mol. The molecular formula is C30H42N3O4+. The van der Waals surface area contributed by atoms with Crippen molar-refractivity contribution in [2.45, 2.75) is 110 Å². The molecule has 2 aliphatic carbocycles. The first-order chi connectivity index (χ1) is 17.3. The molecule has 200 valence electrons. The van der Waals surface area contributed by atoms with Crippen molar-refractivity contribution >= 4 is 11.9 Å². The molecule has 3 heterocycles. The van der Waals surface area contributed by atoms with Gasteiger partial charge in [-0.25, -0.2) is 0 Å². The summed E-state index contributed by atoms with van der Waals surface area (Å²) in [5, 5.41) is 12.3. The van der Waals surface area contributed by atoms with Crippen LogP contribution in [0.1, 0.15) is 107 Å². The lowest BCUT2D eigenvalue weighted by molar-refractivity contribution is -0.973. The van der Waals surface area contributed by atoms with E-state index in [1.807, 2.05) is 10.8 Å². The topological polar surface area (TPSA) is 84.4 Å². The van der Waals surface area contributed by atoms with Crippen molar-refractivity contribution < 1.29 is 24.3 Å². The van der Waals surface area contributed by atoms with Crippen LogP contribution in [0.3, 0.4) is 0 Å². The summed E-state index contributed by atoms with van der Waals surface area (Å²) >= 11 is 0. The van der Waals surface area contributed by atoms with Gasteiger partial charge in [-0.1, -0.05) is 40.0 Å². The summed E-state index contributed by atoms with van der Waals surface area (Å²) in [6.07, 6.45) is 7.32. The standard InChI is InChI=1S/C30H41N3O4/c1-18-23(27(34)31-22-12-21(13-22)28(35)36)16-24(32(18)17-19-10-8-7-9-11-19)20-14-25(29(2,3)4)33-26(15-20)30(5,6)37-33/h14-16,19,21-22H,7-13,17H2,1-6H3,(H-,31,34,35,36)/p+1. The van der Waals surface area contributed by atoms with Crippen LogP contribution in [0.4, 0.5) is 0 Å². The molecule has 0 saturated heterocycles. The molecule has 7 heteroatoms. The van der Waals surface area contributed by atoms with Crippen LogP contribution in [0.2, 0.25) is 0 Å². The van der Waals surface area contributed by atoms with Crippen molar-refractivity contribution in [2.75, 3.05) is 0 Å². The highest BCUT2D eigenvalue weighted by atomic mass is 16.7. The number of nitrogens with one attached hydrogen (secondary N) is 1. The zero-order valence-electron chi connectivity index (χ0n) is 23.2. The summed E-state index contributed by atoms with van der Waals surface area (Å²) in [5.41, 5.74) is 5.63. The lowest BCUT2D eigenvalue weighted by Gasteiger charge is -2.32. The molecule has 2 aromatic rings. The zero-order chi connectivity index (χ0) is 26.7. The molecule has 5 rings (SSSR count). The Hall–Kier alpha value is -2.83. The zero-order valence-corrected chi connectivity index (χ0v) is 23.2. The molecule has 0 unspecified atom stereocenters. The predicted octanol–water partition coefficient (Wildman–Crippen LogP) is 4.90. The van der Waals surface area contributed by atoms with Gasteiger partial charge in [-0.2, -0.15) is 0 Å². The summed E-state index contributed by atoms with van der Waals surface area (Å²) in [5.74, 6) is -0.615. The van der Waals surface area contributed by atoms with Crippen molar-refractivity contribution in [1.29, 1.82) is 0 Å². The highest BCUT2D eigenvalue weighted by Crippen LogP contribution is 2.37. The fourth-order valence-corrected chi connectivity index (χ4v) is 6.18. The Morgan fingerprint density at radius 1 is 1.14 bits per heavy atom. The van der Waals surface area contributed by atoms with E-state index in [1.165, 1.54) is 32.1 Å². The maximum atomic E-state index is 13.4. The summed E-state index contributed by atoms with van der Waals surface area (Å²) in [6, 6.07) is 6.41. The highest BCUT2D eigenvalue weighted by Gasteiger charge is 2.52. The van der Waals surface area contributed by atoms with Gasteiger partial charge in [0.15, 0.2) is 0 Å². The van der Waals surface area contributed by atoms with Crippen LogP contribution in [0, 0.1) is 18.8 Å². The number of fused-ring (bicyclic) bond motifs is 1. The number of rotatable bonds is 6. The molecule has 2 fully saturated rings. The van der Waals surface area contributed by atoms with E-state index in [2.05, 4.69) is 63.6 Å². The van der Waals surface area contributed by atoms with Crippen LogP contribution in [0.25, 0.3) is 11.3 Å². The first-order valence-corrected chi connectivity index (χ1v) is 13.9. The first kappa shape index (κ1) is 25.8. The predicted molar refractivity (Wildman–Crippen MR) is 141 cm³/mol. The summed E-state index contributed by atoms with van der Waals surface area (Å²) in [7, 11) is 0. The van der Waals surface area contributed by atoms with E-state index in [0.29, 0.717) is 24.3 Å². The number of carboxylic acids is 1. The van der Waals surface area contributed by atoms with E-state index in [0.717, 1.165) is 34.9 Å². The molecule has 37 heavy (non-hydrogen) atoms. The molecule has 3 aliphatic rings. The Morgan fingerprint density at radius 2 is 1.81 bits per heavy atom. The second-order valence-electron chi connectivity index (χ2n) is 13.0. The number of hydrogen-bond donors (Lipinski definition) is 2. The van der Waals surface area contributed by atoms with Crippen molar-refractivity contribution in [3.05, 3.63) is 40.8 Å². The number of carbonyl (C=O) groups is 2. The van der Waals surface area contributed by atoms with Gasteiger partial charge in [0.05, 0.1) is 16.9 Å².